The Bertz CT molecular complexity index is 589. The number of H-pyrrole nitrogens is 1. The van der Waals surface area contributed by atoms with Crippen molar-refractivity contribution in [1.82, 2.24) is 15.1 Å². The molecule has 0 aliphatic carbocycles. The molecule has 3 heterocycles. The van der Waals surface area contributed by atoms with E-state index in [0.717, 1.165) is 49.8 Å². The number of aromatic amines is 1. The van der Waals surface area contributed by atoms with E-state index in [0.29, 0.717) is 6.04 Å². The molecule has 1 saturated heterocycles. The minimum atomic E-state index is -0.0272. The van der Waals surface area contributed by atoms with Crippen LogP contribution in [0, 0.1) is 0 Å². The van der Waals surface area contributed by atoms with Crippen LogP contribution in [0.1, 0.15) is 39.4 Å². The highest BCUT2D eigenvalue weighted by Crippen LogP contribution is 2.29. The molecule has 1 atom stereocenters. The molecule has 2 aromatic heterocycles. The molecule has 0 aromatic carbocycles. The fraction of sp³-hybridized carbons (Fsp3) is 0.588. The van der Waals surface area contributed by atoms with E-state index < -0.39 is 0 Å². The molecule has 2 aromatic rings. The first-order chi connectivity index (χ1) is 10.6. The molecular formula is C17H25N3O2. The average molecular weight is 303 g/mol. The van der Waals surface area contributed by atoms with Gasteiger partial charge in [-0.1, -0.05) is 6.92 Å². The Balaban J connectivity index is 1.68. The maximum Gasteiger partial charge on any atom is 0.152 e. The molecule has 1 aliphatic heterocycles. The summed E-state index contributed by atoms with van der Waals surface area (Å²) in [5.74, 6) is 1.84. The summed E-state index contributed by atoms with van der Waals surface area (Å²) in [5.41, 5.74) is 0.891. The molecule has 120 valence electrons. The summed E-state index contributed by atoms with van der Waals surface area (Å²) in [6.45, 7) is 9.26. The molecule has 0 radical (unpaired) electrons. The SMILES string of the molecule is CCN(Cc1ccc(-c2ccn[nH]2)o1)[C@@H]1CCOC(C)(C)C1. The Hall–Kier alpha value is -1.59. The predicted octanol–water partition coefficient (Wildman–Crippen LogP) is 3.45. The zero-order valence-corrected chi connectivity index (χ0v) is 13.6. The van der Waals surface area contributed by atoms with E-state index in [4.69, 9.17) is 9.15 Å². The summed E-state index contributed by atoms with van der Waals surface area (Å²) in [7, 11) is 0. The van der Waals surface area contributed by atoms with Crippen LogP contribution in [0.25, 0.3) is 11.5 Å². The van der Waals surface area contributed by atoms with Crippen molar-refractivity contribution in [2.24, 2.45) is 0 Å². The van der Waals surface area contributed by atoms with Crippen molar-refractivity contribution < 1.29 is 9.15 Å². The quantitative estimate of drug-likeness (QED) is 0.919. The Morgan fingerprint density at radius 1 is 1.36 bits per heavy atom. The third-order valence-electron chi connectivity index (χ3n) is 4.38. The van der Waals surface area contributed by atoms with E-state index in [1.54, 1.807) is 6.20 Å². The highest BCUT2D eigenvalue weighted by Gasteiger charge is 2.32. The summed E-state index contributed by atoms with van der Waals surface area (Å²) in [6.07, 6.45) is 3.89. The molecular weight excluding hydrogens is 278 g/mol. The molecule has 0 saturated carbocycles. The zero-order chi connectivity index (χ0) is 15.6. The van der Waals surface area contributed by atoms with Gasteiger partial charge >= 0.3 is 0 Å². The highest BCUT2D eigenvalue weighted by molar-refractivity contribution is 5.51. The lowest BCUT2D eigenvalue weighted by Crippen LogP contribution is -2.45. The van der Waals surface area contributed by atoms with Gasteiger partial charge < -0.3 is 9.15 Å². The summed E-state index contributed by atoms with van der Waals surface area (Å²) < 4.78 is 11.8. The first kappa shape index (κ1) is 15.3. The van der Waals surface area contributed by atoms with Crippen molar-refractivity contribution in [2.45, 2.75) is 51.8 Å². The number of nitrogens with zero attached hydrogens (tertiary/aromatic N) is 2. The minimum Gasteiger partial charge on any atom is -0.458 e. The van der Waals surface area contributed by atoms with E-state index in [9.17, 15) is 0 Å². The maximum atomic E-state index is 5.96. The normalized spacial score (nSPS) is 21.4. The lowest BCUT2D eigenvalue weighted by molar-refractivity contribution is -0.0844. The van der Waals surface area contributed by atoms with Gasteiger partial charge in [0.05, 0.1) is 12.1 Å². The summed E-state index contributed by atoms with van der Waals surface area (Å²) >= 11 is 0. The van der Waals surface area contributed by atoms with Crippen LogP contribution in [-0.4, -0.2) is 39.9 Å². The maximum absolute atomic E-state index is 5.96. The van der Waals surface area contributed by atoms with Gasteiger partial charge in [0.25, 0.3) is 0 Å². The first-order valence-electron chi connectivity index (χ1n) is 8.04. The van der Waals surface area contributed by atoms with Crippen molar-refractivity contribution in [2.75, 3.05) is 13.2 Å². The van der Waals surface area contributed by atoms with Gasteiger partial charge in [0.15, 0.2) is 5.76 Å². The number of hydrogen-bond acceptors (Lipinski definition) is 4. The van der Waals surface area contributed by atoms with Crippen molar-refractivity contribution in [3.63, 3.8) is 0 Å². The fourth-order valence-corrected chi connectivity index (χ4v) is 3.21. The van der Waals surface area contributed by atoms with Gasteiger partial charge in [0.1, 0.15) is 11.5 Å². The highest BCUT2D eigenvalue weighted by atomic mass is 16.5. The summed E-state index contributed by atoms with van der Waals surface area (Å²) in [4.78, 5) is 2.49. The Morgan fingerprint density at radius 3 is 2.91 bits per heavy atom. The molecule has 3 rings (SSSR count). The molecule has 0 unspecified atom stereocenters. The topological polar surface area (TPSA) is 54.3 Å². The van der Waals surface area contributed by atoms with Crippen molar-refractivity contribution in [1.29, 1.82) is 0 Å². The smallest absolute Gasteiger partial charge is 0.152 e. The van der Waals surface area contributed by atoms with Crippen LogP contribution < -0.4 is 0 Å². The second-order valence-corrected chi connectivity index (χ2v) is 6.55. The van der Waals surface area contributed by atoms with Gasteiger partial charge in [-0.2, -0.15) is 5.10 Å². The van der Waals surface area contributed by atoms with Crippen LogP contribution in [-0.2, 0) is 11.3 Å². The Labute approximate surface area is 131 Å². The van der Waals surface area contributed by atoms with Crippen LogP contribution in [0.3, 0.4) is 0 Å². The molecule has 1 fully saturated rings. The Kier molecular flexibility index (Phi) is 4.36. The number of nitrogens with one attached hydrogen (secondary N) is 1. The standard InChI is InChI=1S/C17H25N3O2/c1-4-20(13-8-10-21-17(2,3)11-13)12-14-5-6-16(22-14)15-7-9-18-19-15/h5-7,9,13H,4,8,10-12H2,1-3H3,(H,18,19)/t13-/m1/s1. The molecule has 1 aliphatic rings. The summed E-state index contributed by atoms with van der Waals surface area (Å²) in [5, 5.41) is 6.90. The third-order valence-corrected chi connectivity index (χ3v) is 4.38. The average Bonchev–Trinajstić information content (AvgIpc) is 3.14. The summed E-state index contributed by atoms with van der Waals surface area (Å²) in [6, 6.07) is 6.53. The number of rotatable bonds is 5. The van der Waals surface area contributed by atoms with E-state index in [1.165, 1.54) is 0 Å². The van der Waals surface area contributed by atoms with Crippen molar-refractivity contribution >= 4 is 0 Å². The van der Waals surface area contributed by atoms with E-state index in [2.05, 4.69) is 41.9 Å². The lowest BCUT2D eigenvalue weighted by Gasteiger charge is -2.40. The largest absolute Gasteiger partial charge is 0.458 e. The first-order valence-corrected chi connectivity index (χ1v) is 8.04. The predicted molar refractivity (Wildman–Crippen MR) is 85.4 cm³/mol. The van der Waals surface area contributed by atoms with Crippen LogP contribution in [0.2, 0.25) is 0 Å². The van der Waals surface area contributed by atoms with Crippen LogP contribution in [0.15, 0.2) is 28.8 Å². The molecule has 0 bridgehead atoms. The van der Waals surface area contributed by atoms with Crippen molar-refractivity contribution in [3.8, 4) is 11.5 Å². The van der Waals surface area contributed by atoms with Crippen molar-refractivity contribution in [3.05, 3.63) is 30.2 Å². The Morgan fingerprint density at radius 2 is 2.23 bits per heavy atom. The van der Waals surface area contributed by atoms with Gasteiger partial charge in [-0.05, 0) is 51.4 Å². The van der Waals surface area contributed by atoms with E-state index in [1.807, 2.05) is 12.1 Å². The second-order valence-electron chi connectivity index (χ2n) is 6.55. The van der Waals surface area contributed by atoms with Gasteiger partial charge in [0.2, 0.25) is 0 Å². The lowest BCUT2D eigenvalue weighted by atomic mass is 9.92. The number of furan rings is 1. The molecule has 5 nitrogen and oxygen atoms in total. The molecule has 22 heavy (non-hydrogen) atoms. The van der Waals surface area contributed by atoms with Gasteiger partial charge in [-0.25, -0.2) is 0 Å². The number of hydrogen-bond donors (Lipinski definition) is 1. The fourth-order valence-electron chi connectivity index (χ4n) is 3.21. The van der Waals surface area contributed by atoms with Crippen LogP contribution in [0.5, 0.6) is 0 Å². The molecule has 0 amide bonds. The monoisotopic (exact) mass is 303 g/mol. The molecule has 5 heteroatoms. The van der Waals surface area contributed by atoms with Gasteiger partial charge in [-0.15, -0.1) is 0 Å². The van der Waals surface area contributed by atoms with E-state index in [-0.39, 0.29) is 5.60 Å². The van der Waals surface area contributed by atoms with Crippen LogP contribution in [0.4, 0.5) is 0 Å². The molecule has 0 spiro atoms. The number of aromatic nitrogens is 2. The van der Waals surface area contributed by atoms with Gasteiger partial charge in [-0.3, -0.25) is 10.00 Å². The zero-order valence-electron chi connectivity index (χ0n) is 13.6. The second kappa shape index (κ2) is 6.26. The van der Waals surface area contributed by atoms with Gasteiger partial charge in [0, 0.05) is 18.8 Å². The van der Waals surface area contributed by atoms with E-state index >= 15 is 0 Å². The molecule has 1 N–H and O–H groups in total. The third kappa shape index (κ3) is 3.42. The van der Waals surface area contributed by atoms with Crippen LogP contribution >= 0.6 is 0 Å². The minimum absolute atomic E-state index is 0.0272. The number of ether oxygens (including phenoxy) is 1.